The van der Waals surface area contributed by atoms with Gasteiger partial charge in [0.2, 0.25) is 0 Å². The number of hydrogen-bond acceptors (Lipinski definition) is 4. The van der Waals surface area contributed by atoms with Crippen LogP contribution in [-0.4, -0.2) is 31.4 Å². The van der Waals surface area contributed by atoms with Gasteiger partial charge in [0.25, 0.3) is 5.91 Å². The Morgan fingerprint density at radius 2 is 1.94 bits per heavy atom. The molecule has 1 aromatic heterocycles. The average Bonchev–Trinajstić information content (AvgIpc) is 2.62. The quantitative estimate of drug-likeness (QED) is 0.922. The molecule has 0 aliphatic rings. The molecule has 102 valence electrons. The van der Waals surface area contributed by atoms with E-state index in [2.05, 4.69) is 5.32 Å². The molecule has 0 aliphatic carbocycles. The molecule has 0 spiro atoms. The third-order valence-electron chi connectivity index (χ3n) is 2.55. The zero-order chi connectivity index (χ0) is 14.0. The van der Waals surface area contributed by atoms with E-state index in [0.29, 0.717) is 4.88 Å². The van der Waals surface area contributed by atoms with Crippen LogP contribution in [0, 0.1) is 6.92 Å². The molecule has 6 heteroatoms. The lowest BCUT2D eigenvalue weighted by Crippen LogP contribution is -2.36. The molecule has 1 amide bonds. The Hall–Kier alpha value is -0.880. The van der Waals surface area contributed by atoms with Crippen LogP contribution in [0.15, 0.2) is 12.1 Å². The molecule has 0 saturated heterocycles. The number of aryl methyl sites for hydroxylation is 1. The molecule has 1 heterocycles. The summed E-state index contributed by atoms with van der Waals surface area (Å²) in [6, 6.07) is 3.61. The van der Waals surface area contributed by atoms with Crippen molar-refractivity contribution in [1.82, 2.24) is 5.32 Å². The monoisotopic (exact) mass is 289 g/mol. The SMILES string of the molecule is Cc1ccc(C(=O)NCCS(=O)(=O)C(C)(C)C)s1. The third-order valence-corrected chi connectivity index (χ3v) is 6.16. The molecule has 0 radical (unpaired) electrons. The fourth-order valence-corrected chi connectivity index (χ4v) is 3.02. The molecule has 18 heavy (non-hydrogen) atoms. The summed E-state index contributed by atoms with van der Waals surface area (Å²) < 4.78 is 22.9. The molecule has 0 aromatic carbocycles. The van der Waals surface area contributed by atoms with Gasteiger partial charge in [-0.1, -0.05) is 0 Å². The van der Waals surface area contributed by atoms with E-state index < -0.39 is 14.6 Å². The Kier molecular flexibility index (Phi) is 4.55. The second-order valence-corrected chi connectivity index (χ2v) is 9.25. The standard InChI is InChI=1S/C12H19NO3S2/c1-9-5-6-10(17-9)11(14)13-7-8-18(15,16)12(2,3)4/h5-6H,7-8H2,1-4H3,(H,13,14). The summed E-state index contributed by atoms with van der Waals surface area (Å²) in [5.41, 5.74) is 0. The van der Waals surface area contributed by atoms with Crippen LogP contribution in [0.25, 0.3) is 0 Å². The predicted molar refractivity (Wildman–Crippen MR) is 74.9 cm³/mol. The van der Waals surface area contributed by atoms with Gasteiger partial charge in [-0.25, -0.2) is 8.42 Å². The minimum absolute atomic E-state index is 0.0351. The van der Waals surface area contributed by atoms with Gasteiger partial charge >= 0.3 is 0 Å². The van der Waals surface area contributed by atoms with Crippen molar-refractivity contribution < 1.29 is 13.2 Å². The summed E-state index contributed by atoms with van der Waals surface area (Å²) in [5.74, 6) is -0.246. The van der Waals surface area contributed by atoms with Crippen molar-refractivity contribution in [3.05, 3.63) is 21.9 Å². The molecule has 4 nitrogen and oxygen atoms in total. The molecule has 0 atom stereocenters. The lowest BCUT2D eigenvalue weighted by atomic mass is 10.3. The topological polar surface area (TPSA) is 63.2 Å². The zero-order valence-electron chi connectivity index (χ0n) is 11.1. The van der Waals surface area contributed by atoms with Crippen LogP contribution in [0.5, 0.6) is 0 Å². The Balaban J connectivity index is 2.51. The lowest BCUT2D eigenvalue weighted by Gasteiger charge is -2.19. The van der Waals surface area contributed by atoms with E-state index >= 15 is 0 Å². The van der Waals surface area contributed by atoms with Gasteiger partial charge in [-0.2, -0.15) is 0 Å². The van der Waals surface area contributed by atoms with Crippen LogP contribution in [0.3, 0.4) is 0 Å². The number of carbonyl (C=O) groups is 1. The van der Waals surface area contributed by atoms with Crippen LogP contribution in [-0.2, 0) is 9.84 Å². The summed E-state index contributed by atoms with van der Waals surface area (Å²) >= 11 is 1.40. The van der Waals surface area contributed by atoms with Gasteiger partial charge in [-0.3, -0.25) is 4.79 Å². The van der Waals surface area contributed by atoms with Crippen LogP contribution in [0.4, 0.5) is 0 Å². The number of carbonyl (C=O) groups excluding carboxylic acids is 1. The highest BCUT2D eigenvalue weighted by atomic mass is 32.2. The molecule has 1 aromatic rings. The van der Waals surface area contributed by atoms with Crippen LogP contribution < -0.4 is 5.32 Å². The summed E-state index contributed by atoms with van der Waals surface area (Å²) in [7, 11) is -3.18. The smallest absolute Gasteiger partial charge is 0.261 e. The molecule has 0 aliphatic heterocycles. The third kappa shape index (κ3) is 3.81. The van der Waals surface area contributed by atoms with Gasteiger partial charge in [-0.05, 0) is 39.8 Å². The maximum atomic E-state index is 11.8. The van der Waals surface area contributed by atoms with Crippen LogP contribution in [0.2, 0.25) is 0 Å². The van der Waals surface area contributed by atoms with Crippen LogP contribution >= 0.6 is 11.3 Å². The number of thiophene rings is 1. The van der Waals surface area contributed by atoms with E-state index in [1.165, 1.54) is 11.3 Å². The van der Waals surface area contributed by atoms with Crippen molar-refractivity contribution in [2.45, 2.75) is 32.4 Å². The first-order chi connectivity index (χ1) is 8.13. The summed E-state index contributed by atoms with van der Waals surface area (Å²) in [6.07, 6.45) is 0. The number of rotatable bonds is 4. The van der Waals surface area contributed by atoms with Crippen molar-refractivity contribution in [3.8, 4) is 0 Å². The first-order valence-electron chi connectivity index (χ1n) is 5.70. The summed E-state index contributed by atoms with van der Waals surface area (Å²) in [4.78, 5) is 13.4. The first kappa shape index (κ1) is 15.2. The van der Waals surface area contributed by atoms with Gasteiger partial charge in [0.1, 0.15) is 0 Å². The maximum Gasteiger partial charge on any atom is 0.261 e. The number of sulfone groups is 1. The Labute approximate surface area is 112 Å². The van der Waals surface area contributed by atoms with E-state index in [0.717, 1.165) is 4.88 Å². The van der Waals surface area contributed by atoms with Crippen molar-refractivity contribution in [3.63, 3.8) is 0 Å². The molecule has 0 fully saturated rings. The lowest BCUT2D eigenvalue weighted by molar-refractivity contribution is 0.0960. The molecular weight excluding hydrogens is 270 g/mol. The van der Waals surface area contributed by atoms with Crippen molar-refractivity contribution in [1.29, 1.82) is 0 Å². The van der Waals surface area contributed by atoms with Gasteiger partial charge in [0, 0.05) is 11.4 Å². The predicted octanol–water partition coefficient (Wildman–Crippen LogP) is 2.00. The Morgan fingerprint density at radius 3 is 2.39 bits per heavy atom. The molecule has 0 unspecified atom stereocenters. The van der Waals surface area contributed by atoms with E-state index in [1.54, 1.807) is 26.8 Å². The Morgan fingerprint density at radius 1 is 1.33 bits per heavy atom. The summed E-state index contributed by atoms with van der Waals surface area (Å²) in [6.45, 7) is 7.05. The summed E-state index contributed by atoms with van der Waals surface area (Å²) in [5, 5.41) is 2.63. The van der Waals surface area contributed by atoms with Crippen LogP contribution in [0.1, 0.15) is 35.3 Å². The highest BCUT2D eigenvalue weighted by Crippen LogP contribution is 2.16. The fraction of sp³-hybridized carbons (Fsp3) is 0.583. The highest BCUT2D eigenvalue weighted by molar-refractivity contribution is 7.92. The van der Waals surface area contributed by atoms with E-state index in [1.807, 2.05) is 13.0 Å². The zero-order valence-corrected chi connectivity index (χ0v) is 12.7. The minimum atomic E-state index is -3.18. The second-order valence-electron chi connectivity index (χ2n) is 5.10. The Bertz CT molecular complexity index is 524. The largest absolute Gasteiger partial charge is 0.350 e. The van der Waals surface area contributed by atoms with Gasteiger partial charge in [0.15, 0.2) is 9.84 Å². The fourth-order valence-electron chi connectivity index (χ4n) is 1.25. The van der Waals surface area contributed by atoms with Crippen molar-refractivity contribution in [2.24, 2.45) is 0 Å². The normalized spacial score (nSPS) is 12.4. The van der Waals surface area contributed by atoms with E-state index in [9.17, 15) is 13.2 Å². The minimum Gasteiger partial charge on any atom is -0.350 e. The molecule has 1 N–H and O–H groups in total. The molecule has 0 bridgehead atoms. The van der Waals surface area contributed by atoms with E-state index in [-0.39, 0.29) is 18.2 Å². The number of nitrogens with one attached hydrogen (secondary N) is 1. The van der Waals surface area contributed by atoms with Gasteiger partial charge in [-0.15, -0.1) is 11.3 Å². The molecular formula is C12H19NO3S2. The first-order valence-corrected chi connectivity index (χ1v) is 8.17. The number of hydrogen-bond donors (Lipinski definition) is 1. The molecule has 1 rings (SSSR count). The van der Waals surface area contributed by atoms with Gasteiger partial charge < -0.3 is 5.32 Å². The van der Waals surface area contributed by atoms with Gasteiger partial charge in [0.05, 0.1) is 15.4 Å². The number of amides is 1. The second kappa shape index (κ2) is 5.40. The highest BCUT2D eigenvalue weighted by Gasteiger charge is 2.28. The molecule has 0 saturated carbocycles. The van der Waals surface area contributed by atoms with Crippen molar-refractivity contribution in [2.75, 3.05) is 12.3 Å². The van der Waals surface area contributed by atoms with Crippen molar-refractivity contribution >= 4 is 27.1 Å². The van der Waals surface area contributed by atoms with E-state index in [4.69, 9.17) is 0 Å². The average molecular weight is 289 g/mol. The maximum absolute atomic E-state index is 11.8.